The van der Waals surface area contributed by atoms with Crippen LogP contribution >= 0.6 is 0 Å². The maximum absolute atomic E-state index is 11.7. The van der Waals surface area contributed by atoms with Crippen molar-refractivity contribution < 1.29 is 8.42 Å². The molecule has 1 aromatic heterocycles. The number of aryl methyl sites for hydroxylation is 1. The van der Waals surface area contributed by atoms with E-state index in [2.05, 4.69) is 25.8 Å². The molecule has 0 bridgehead atoms. The van der Waals surface area contributed by atoms with Crippen LogP contribution in [0.25, 0.3) is 0 Å². The number of hydrogen-bond acceptors (Lipinski definition) is 7. The summed E-state index contributed by atoms with van der Waals surface area (Å²) in [4.78, 5) is 6.52. The molecule has 138 valence electrons. The second-order valence-corrected chi connectivity index (χ2v) is 8.26. The summed E-state index contributed by atoms with van der Waals surface area (Å²) in [5, 5.41) is 13.7. The molecule has 0 spiro atoms. The second-order valence-electron chi connectivity index (χ2n) is 6.24. The average molecular weight is 374 g/mol. The fraction of sp³-hybridized carbons (Fsp3) is 0.294. The third-order valence-corrected chi connectivity index (χ3v) is 5.38. The Bertz CT molecular complexity index is 977. The van der Waals surface area contributed by atoms with Crippen molar-refractivity contribution in [1.82, 2.24) is 15.1 Å². The maximum Gasteiger partial charge on any atom is 0.204 e. The van der Waals surface area contributed by atoms with Crippen molar-refractivity contribution in [3.8, 4) is 0 Å². The van der Waals surface area contributed by atoms with E-state index in [0.29, 0.717) is 11.6 Å². The highest BCUT2D eigenvalue weighted by Gasteiger charge is 2.21. The first-order chi connectivity index (χ1) is 12.3. The Balaban J connectivity index is 1.76. The molecule has 26 heavy (non-hydrogen) atoms. The van der Waals surface area contributed by atoms with Crippen LogP contribution in [-0.2, 0) is 9.84 Å². The summed E-state index contributed by atoms with van der Waals surface area (Å²) >= 11 is 0. The summed E-state index contributed by atoms with van der Waals surface area (Å²) in [6.07, 6.45) is 4.67. The fourth-order valence-corrected chi connectivity index (χ4v) is 3.18. The van der Waals surface area contributed by atoms with Crippen LogP contribution in [0.15, 0.2) is 46.4 Å². The van der Waals surface area contributed by atoms with E-state index < -0.39 is 9.84 Å². The second kappa shape index (κ2) is 6.83. The Labute approximate surface area is 152 Å². The van der Waals surface area contributed by atoms with Crippen LogP contribution in [0, 0.1) is 13.8 Å². The van der Waals surface area contributed by atoms with E-state index in [1.807, 2.05) is 31.9 Å². The number of likely N-dealkylation sites (N-methyl/N-ethyl adjacent to an activating group) is 1. The van der Waals surface area contributed by atoms with Crippen molar-refractivity contribution in [2.45, 2.75) is 24.9 Å². The number of aromatic amines is 1. The van der Waals surface area contributed by atoms with Gasteiger partial charge in [0, 0.05) is 36.4 Å². The Kier molecular flexibility index (Phi) is 4.73. The number of nitrogens with one attached hydrogen (secondary N) is 3. The molecular weight excluding hydrogens is 352 g/mol. The van der Waals surface area contributed by atoms with Gasteiger partial charge < -0.3 is 15.5 Å². The van der Waals surface area contributed by atoms with E-state index >= 15 is 0 Å². The molecule has 0 saturated heterocycles. The Morgan fingerprint density at radius 3 is 2.69 bits per heavy atom. The molecule has 1 aliphatic rings. The maximum atomic E-state index is 11.7. The van der Waals surface area contributed by atoms with Gasteiger partial charge in [-0.1, -0.05) is 6.07 Å². The smallest absolute Gasteiger partial charge is 0.204 e. The SMILES string of the molecule is Cc1[nH]nc(NC2C=CN=C(Nc3cccc(S(C)(=O)=O)c3)N2C)c1C. The van der Waals surface area contributed by atoms with Gasteiger partial charge in [0.05, 0.1) is 4.90 Å². The summed E-state index contributed by atoms with van der Waals surface area (Å²) in [5.41, 5.74) is 2.73. The summed E-state index contributed by atoms with van der Waals surface area (Å²) in [6, 6.07) is 6.66. The van der Waals surface area contributed by atoms with Gasteiger partial charge in [-0.3, -0.25) is 5.10 Å². The number of anilines is 2. The number of aromatic nitrogens is 2. The van der Waals surface area contributed by atoms with E-state index in [1.54, 1.807) is 30.5 Å². The molecule has 3 rings (SSSR count). The number of nitrogens with zero attached hydrogens (tertiary/aromatic N) is 3. The molecule has 0 radical (unpaired) electrons. The largest absolute Gasteiger partial charge is 0.345 e. The standard InChI is InChI=1S/C17H22N6O2S/c1-11-12(2)21-22-16(11)20-15-8-9-18-17(23(15)3)19-13-6-5-7-14(10-13)26(4,24)25/h5-10,15H,1-4H3,(H,18,19)(H2,20,21,22). The van der Waals surface area contributed by atoms with Crippen molar-refractivity contribution >= 4 is 27.3 Å². The van der Waals surface area contributed by atoms with Crippen molar-refractivity contribution in [2.24, 2.45) is 4.99 Å². The van der Waals surface area contributed by atoms with Gasteiger partial charge in [-0.2, -0.15) is 5.10 Å². The van der Waals surface area contributed by atoms with Gasteiger partial charge >= 0.3 is 0 Å². The molecule has 9 heteroatoms. The van der Waals surface area contributed by atoms with Crippen molar-refractivity contribution in [3.63, 3.8) is 0 Å². The summed E-state index contributed by atoms with van der Waals surface area (Å²) < 4.78 is 23.5. The predicted molar refractivity (Wildman–Crippen MR) is 103 cm³/mol. The lowest BCUT2D eigenvalue weighted by Crippen LogP contribution is -2.45. The molecule has 2 heterocycles. The van der Waals surface area contributed by atoms with Crippen LogP contribution in [0.3, 0.4) is 0 Å². The molecule has 8 nitrogen and oxygen atoms in total. The van der Waals surface area contributed by atoms with Gasteiger partial charge in [0.25, 0.3) is 0 Å². The summed E-state index contributed by atoms with van der Waals surface area (Å²) in [7, 11) is -1.37. The predicted octanol–water partition coefficient (Wildman–Crippen LogP) is 2.10. The van der Waals surface area contributed by atoms with Crippen molar-refractivity contribution in [3.05, 3.63) is 47.8 Å². The lowest BCUT2D eigenvalue weighted by Gasteiger charge is -2.31. The monoisotopic (exact) mass is 374 g/mol. The molecule has 1 atom stereocenters. The van der Waals surface area contributed by atoms with Crippen LogP contribution in [0.1, 0.15) is 11.3 Å². The molecule has 1 aliphatic heterocycles. The first-order valence-corrected chi connectivity index (χ1v) is 9.97. The Morgan fingerprint density at radius 1 is 1.27 bits per heavy atom. The van der Waals surface area contributed by atoms with E-state index in [0.717, 1.165) is 17.1 Å². The van der Waals surface area contributed by atoms with Crippen LogP contribution in [0.5, 0.6) is 0 Å². The van der Waals surface area contributed by atoms with E-state index in [1.165, 1.54) is 6.26 Å². The van der Waals surface area contributed by atoms with Gasteiger partial charge in [-0.25, -0.2) is 13.4 Å². The number of hydrogen-bond donors (Lipinski definition) is 3. The van der Waals surface area contributed by atoms with Crippen LogP contribution in [0.4, 0.5) is 11.5 Å². The van der Waals surface area contributed by atoms with E-state index in [4.69, 9.17) is 0 Å². The zero-order valence-electron chi connectivity index (χ0n) is 15.1. The van der Waals surface area contributed by atoms with E-state index in [-0.39, 0.29) is 11.1 Å². The first kappa shape index (κ1) is 18.0. The van der Waals surface area contributed by atoms with E-state index in [9.17, 15) is 8.42 Å². The molecule has 1 unspecified atom stereocenters. The third kappa shape index (κ3) is 3.72. The van der Waals surface area contributed by atoms with Gasteiger partial charge in [-0.05, 0) is 38.1 Å². The lowest BCUT2D eigenvalue weighted by atomic mass is 10.2. The average Bonchev–Trinajstić information content (AvgIpc) is 2.90. The van der Waals surface area contributed by atoms with Gasteiger partial charge in [0.15, 0.2) is 15.7 Å². The van der Waals surface area contributed by atoms with Crippen LogP contribution in [0.2, 0.25) is 0 Å². The van der Waals surface area contributed by atoms with Crippen LogP contribution < -0.4 is 10.6 Å². The Morgan fingerprint density at radius 2 is 2.04 bits per heavy atom. The summed E-state index contributed by atoms with van der Waals surface area (Å²) in [6.45, 7) is 3.97. The van der Waals surface area contributed by atoms with Crippen LogP contribution in [-0.4, -0.2) is 48.9 Å². The molecule has 2 aromatic rings. The lowest BCUT2D eigenvalue weighted by molar-refractivity contribution is 0.452. The fourth-order valence-electron chi connectivity index (χ4n) is 2.51. The number of sulfone groups is 1. The highest BCUT2D eigenvalue weighted by Crippen LogP contribution is 2.19. The molecule has 0 aliphatic carbocycles. The normalized spacial score (nSPS) is 17.2. The number of rotatable bonds is 4. The van der Waals surface area contributed by atoms with Crippen molar-refractivity contribution in [2.75, 3.05) is 23.9 Å². The number of H-pyrrole nitrogens is 1. The van der Waals surface area contributed by atoms with Crippen molar-refractivity contribution in [1.29, 1.82) is 0 Å². The minimum Gasteiger partial charge on any atom is -0.345 e. The first-order valence-electron chi connectivity index (χ1n) is 8.08. The number of benzene rings is 1. The summed E-state index contributed by atoms with van der Waals surface area (Å²) in [5.74, 6) is 1.38. The molecule has 0 saturated carbocycles. The minimum atomic E-state index is -3.27. The molecule has 0 fully saturated rings. The molecule has 1 aromatic carbocycles. The minimum absolute atomic E-state index is 0.144. The number of aliphatic imine (C=N–C) groups is 1. The highest BCUT2D eigenvalue weighted by atomic mass is 32.2. The molecular formula is C17H22N6O2S. The zero-order valence-corrected chi connectivity index (χ0v) is 15.9. The zero-order chi connectivity index (χ0) is 18.9. The molecule has 3 N–H and O–H groups in total. The quantitative estimate of drug-likeness (QED) is 0.757. The van der Waals surface area contributed by atoms with Gasteiger partial charge in [0.2, 0.25) is 5.96 Å². The highest BCUT2D eigenvalue weighted by molar-refractivity contribution is 7.90. The topological polar surface area (TPSA) is 102 Å². The third-order valence-electron chi connectivity index (χ3n) is 4.27. The Hall–Kier alpha value is -2.81. The van der Waals surface area contributed by atoms with Gasteiger partial charge in [0.1, 0.15) is 6.17 Å². The molecule has 0 amide bonds. The van der Waals surface area contributed by atoms with Gasteiger partial charge in [-0.15, -0.1) is 0 Å². The number of guanidine groups is 1.